The fraction of sp³-hybridized carbons (Fsp3) is 0.318. The highest BCUT2D eigenvalue weighted by Crippen LogP contribution is 2.24. The number of aryl methyl sites for hydroxylation is 1. The summed E-state index contributed by atoms with van der Waals surface area (Å²) in [5.41, 5.74) is 2.10. The van der Waals surface area contributed by atoms with Crippen molar-refractivity contribution >= 4 is 21.9 Å². The minimum Gasteiger partial charge on any atom is -0.403 e. The maximum absolute atomic E-state index is 12.8. The molecule has 1 amide bonds. The number of benzene rings is 2. The Morgan fingerprint density at radius 1 is 1.10 bits per heavy atom. The summed E-state index contributed by atoms with van der Waals surface area (Å²) in [6, 6.07) is 13.4. The maximum Gasteiger partial charge on any atom is 0.322 e. The van der Waals surface area contributed by atoms with Crippen molar-refractivity contribution in [2.75, 3.05) is 18.4 Å². The summed E-state index contributed by atoms with van der Waals surface area (Å²) in [7, 11) is -3.56. The van der Waals surface area contributed by atoms with Gasteiger partial charge in [-0.25, -0.2) is 8.42 Å². The molecule has 2 heterocycles. The Hall–Kier alpha value is -3.04. The first kappa shape index (κ1) is 21.2. The topological polar surface area (TPSA) is 105 Å². The molecule has 0 saturated carbocycles. The summed E-state index contributed by atoms with van der Waals surface area (Å²) in [5, 5.41) is 10.4. The van der Waals surface area contributed by atoms with E-state index in [1.54, 1.807) is 0 Å². The number of hydrogen-bond donors (Lipinski definition) is 1. The van der Waals surface area contributed by atoms with Crippen molar-refractivity contribution in [3.05, 3.63) is 59.7 Å². The summed E-state index contributed by atoms with van der Waals surface area (Å²) in [6.07, 6.45) is 1.71. The molecule has 0 atom stereocenters. The van der Waals surface area contributed by atoms with E-state index >= 15 is 0 Å². The van der Waals surface area contributed by atoms with Gasteiger partial charge in [0.25, 0.3) is 5.91 Å². The van der Waals surface area contributed by atoms with E-state index in [1.807, 2.05) is 31.2 Å². The first-order valence-corrected chi connectivity index (χ1v) is 11.6. The van der Waals surface area contributed by atoms with Crippen molar-refractivity contribution in [3.8, 4) is 11.5 Å². The first-order valence-electron chi connectivity index (χ1n) is 10.1. The van der Waals surface area contributed by atoms with Crippen LogP contribution in [0.1, 0.15) is 35.7 Å². The van der Waals surface area contributed by atoms with Crippen LogP contribution in [0.2, 0.25) is 0 Å². The molecular weight excluding hydrogens is 416 g/mol. The van der Waals surface area contributed by atoms with Gasteiger partial charge in [-0.2, -0.15) is 4.31 Å². The summed E-state index contributed by atoms with van der Waals surface area (Å²) < 4.78 is 32.7. The number of nitrogens with one attached hydrogen (secondary N) is 1. The minimum absolute atomic E-state index is 0.0272. The Kier molecular flexibility index (Phi) is 5.88. The fourth-order valence-corrected chi connectivity index (χ4v) is 4.96. The van der Waals surface area contributed by atoms with Crippen LogP contribution in [-0.2, 0) is 10.0 Å². The molecule has 1 aromatic heterocycles. The number of sulfonamides is 1. The van der Waals surface area contributed by atoms with Gasteiger partial charge in [-0.1, -0.05) is 29.7 Å². The summed E-state index contributed by atoms with van der Waals surface area (Å²) >= 11 is 0. The lowest BCUT2D eigenvalue weighted by atomic mass is 10.0. The molecule has 0 spiro atoms. The van der Waals surface area contributed by atoms with E-state index in [0.717, 1.165) is 24.0 Å². The van der Waals surface area contributed by atoms with Crippen LogP contribution in [0.25, 0.3) is 11.5 Å². The Morgan fingerprint density at radius 2 is 1.81 bits per heavy atom. The SMILES string of the molecule is Cc1cccc(-c2nnc(NC(=O)c3ccc(S(=O)(=O)N4CCC(C)CC4)cc3)o2)c1. The first-order chi connectivity index (χ1) is 14.8. The van der Waals surface area contributed by atoms with Crippen molar-refractivity contribution in [2.24, 2.45) is 5.92 Å². The van der Waals surface area contributed by atoms with Crippen molar-refractivity contribution in [1.29, 1.82) is 0 Å². The highest BCUT2D eigenvalue weighted by Gasteiger charge is 2.28. The number of nitrogens with zero attached hydrogens (tertiary/aromatic N) is 3. The molecule has 1 aliphatic heterocycles. The second-order valence-electron chi connectivity index (χ2n) is 7.85. The zero-order chi connectivity index (χ0) is 22.0. The van der Waals surface area contributed by atoms with E-state index in [1.165, 1.54) is 28.6 Å². The van der Waals surface area contributed by atoms with E-state index in [-0.39, 0.29) is 10.9 Å². The van der Waals surface area contributed by atoms with Crippen molar-refractivity contribution < 1.29 is 17.6 Å². The van der Waals surface area contributed by atoms with Crippen LogP contribution in [0.3, 0.4) is 0 Å². The lowest BCUT2D eigenvalue weighted by molar-refractivity contribution is 0.102. The molecule has 0 radical (unpaired) electrons. The number of rotatable bonds is 5. The summed E-state index contributed by atoms with van der Waals surface area (Å²) in [4.78, 5) is 12.7. The van der Waals surface area contributed by atoms with Gasteiger partial charge in [-0.05, 0) is 62.1 Å². The van der Waals surface area contributed by atoms with Gasteiger partial charge in [0.2, 0.25) is 15.9 Å². The molecular formula is C22H24N4O4S. The molecule has 4 rings (SSSR count). The lowest BCUT2D eigenvalue weighted by Crippen LogP contribution is -2.37. The van der Waals surface area contributed by atoms with E-state index in [9.17, 15) is 13.2 Å². The minimum atomic E-state index is -3.56. The van der Waals surface area contributed by atoms with Crippen LogP contribution in [-0.4, -0.2) is 41.9 Å². The molecule has 0 aliphatic carbocycles. The third-order valence-electron chi connectivity index (χ3n) is 5.41. The molecule has 0 unspecified atom stereocenters. The Balaban J connectivity index is 1.44. The van der Waals surface area contributed by atoms with Gasteiger partial charge in [0.05, 0.1) is 4.90 Å². The van der Waals surface area contributed by atoms with Gasteiger partial charge in [-0.15, -0.1) is 5.10 Å². The molecule has 9 heteroatoms. The third kappa shape index (κ3) is 4.67. The maximum atomic E-state index is 12.8. The highest BCUT2D eigenvalue weighted by atomic mass is 32.2. The van der Waals surface area contributed by atoms with Gasteiger partial charge in [0, 0.05) is 24.2 Å². The Labute approximate surface area is 181 Å². The molecule has 3 aromatic rings. The van der Waals surface area contributed by atoms with Gasteiger partial charge >= 0.3 is 6.01 Å². The third-order valence-corrected chi connectivity index (χ3v) is 7.32. The standard InChI is InChI=1S/C22H24N4O4S/c1-15-10-12-26(13-11-15)31(28,29)19-8-6-17(7-9-19)20(27)23-22-25-24-21(30-22)18-5-3-4-16(2)14-18/h3-9,14-15H,10-13H2,1-2H3,(H,23,25,27). The van der Waals surface area contributed by atoms with E-state index in [0.29, 0.717) is 30.5 Å². The molecule has 1 N–H and O–H groups in total. The Morgan fingerprint density at radius 3 is 2.48 bits per heavy atom. The summed E-state index contributed by atoms with van der Waals surface area (Å²) in [6.45, 7) is 5.13. The molecule has 1 fully saturated rings. The Bertz CT molecular complexity index is 1180. The highest BCUT2D eigenvalue weighted by molar-refractivity contribution is 7.89. The van der Waals surface area contributed by atoms with Gasteiger partial charge in [0.15, 0.2) is 0 Å². The van der Waals surface area contributed by atoms with Crippen LogP contribution in [0.5, 0.6) is 0 Å². The van der Waals surface area contributed by atoms with Crippen molar-refractivity contribution in [2.45, 2.75) is 31.6 Å². The second-order valence-corrected chi connectivity index (χ2v) is 9.78. The number of aromatic nitrogens is 2. The average molecular weight is 441 g/mol. The fourth-order valence-electron chi connectivity index (χ4n) is 3.49. The van der Waals surface area contributed by atoms with E-state index in [2.05, 4.69) is 22.4 Å². The molecule has 162 valence electrons. The zero-order valence-corrected chi connectivity index (χ0v) is 18.2. The predicted octanol–water partition coefficient (Wildman–Crippen LogP) is 3.72. The summed E-state index contributed by atoms with van der Waals surface area (Å²) in [5.74, 6) is 0.375. The largest absolute Gasteiger partial charge is 0.403 e. The average Bonchev–Trinajstić information content (AvgIpc) is 3.23. The van der Waals surface area contributed by atoms with E-state index < -0.39 is 15.9 Å². The molecule has 1 aliphatic rings. The van der Waals surface area contributed by atoms with Gasteiger partial charge in [0.1, 0.15) is 0 Å². The van der Waals surface area contributed by atoms with Crippen LogP contribution < -0.4 is 5.32 Å². The van der Waals surface area contributed by atoms with Crippen molar-refractivity contribution in [3.63, 3.8) is 0 Å². The number of carbonyl (C=O) groups is 1. The second kappa shape index (κ2) is 8.60. The number of amides is 1. The van der Waals surface area contributed by atoms with E-state index in [4.69, 9.17) is 4.42 Å². The zero-order valence-electron chi connectivity index (χ0n) is 17.4. The molecule has 8 nitrogen and oxygen atoms in total. The number of carbonyl (C=O) groups excluding carboxylic acids is 1. The number of anilines is 1. The normalized spacial score (nSPS) is 15.7. The molecule has 2 aromatic carbocycles. The van der Waals surface area contributed by atoms with Crippen molar-refractivity contribution in [1.82, 2.24) is 14.5 Å². The lowest BCUT2D eigenvalue weighted by Gasteiger charge is -2.29. The monoisotopic (exact) mass is 440 g/mol. The van der Waals surface area contributed by atoms with Crippen LogP contribution in [0.15, 0.2) is 57.8 Å². The predicted molar refractivity (Wildman–Crippen MR) is 116 cm³/mol. The molecule has 0 bridgehead atoms. The van der Waals surface area contributed by atoms with Gasteiger partial charge < -0.3 is 4.42 Å². The molecule has 1 saturated heterocycles. The van der Waals surface area contributed by atoms with Crippen LogP contribution >= 0.6 is 0 Å². The quantitative estimate of drug-likeness (QED) is 0.648. The number of hydrogen-bond acceptors (Lipinski definition) is 6. The van der Waals surface area contributed by atoms with Crippen LogP contribution in [0, 0.1) is 12.8 Å². The number of piperidine rings is 1. The molecule has 31 heavy (non-hydrogen) atoms. The smallest absolute Gasteiger partial charge is 0.322 e. The van der Waals surface area contributed by atoms with Crippen LogP contribution in [0.4, 0.5) is 6.01 Å². The van der Waals surface area contributed by atoms with Gasteiger partial charge in [-0.3, -0.25) is 10.1 Å².